The molecule has 1 aromatic carbocycles. The molecule has 2 heterocycles. The van der Waals surface area contributed by atoms with Crippen LogP contribution in [-0.4, -0.2) is 22.4 Å². The van der Waals surface area contributed by atoms with E-state index in [0.717, 1.165) is 11.1 Å². The Morgan fingerprint density at radius 2 is 1.40 bits per heavy atom. The van der Waals surface area contributed by atoms with Crippen LogP contribution in [0.5, 0.6) is 0 Å². The summed E-state index contributed by atoms with van der Waals surface area (Å²) in [5.74, 6) is 0. The molecule has 0 amide bonds. The Morgan fingerprint density at radius 1 is 1.00 bits per heavy atom. The third-order valence-corrected chi connectivity index (χ3v) is 3.85. The highest BCUT2D eigenvalue weighted by Gasteiger charge is 2.65. The molecule has 0 spiro atoms. The van der Waals surface area contributed by atoms with Crippen molar-refractivity contribution in [3.8, 4) is 0 Å². The van der Waals surface area contributed by atoms with E-state index in [-0.39, 0.29) is 0 Å². The fourth-order valence-electron chi connectivity index (χ4n) is 2.94. The molecule has 0 saturated carbocycles. The van der Waals surface area contributed by atoms with Gasteiger partial charge in [0.05, 0.1) is 0 Å². The summed E-state index contributed by atoms with van der Waals surface area (Å²) in [6.07, 6.45) is -1.70. The van der Waals surface area contributed by atoms with Gasteiger partial charge in [0, 0.05) is 0 Å². The van der Waals surface area contributed by atoms with Gasteiger partial charge in [0.25, 0.3) is 0 Å². The molecule has 2 N–H and O–H groups in total. The molecule has 3 heteroatoms. The lowest BCUT2D eigenvalue weighted by Crippen LogP contribution is -2.45. The van der Waals surface area contributed by atoms with Crippen molar-refractivity contribution in [2.45, 2.75) is 37.3 Å². The predicted octanol–water partition coefficient (Wildman–Crippen LogP) is 0.883. The average Bonchev–Trinajstić information content (AvgIpc) is 2.57. The molecule has 1 saturated heterocycles. The molecule has 3 rings (SSSR count). The summed E-state index contributed by atoms with van der Waals surface area (Å²) in [5, 5.41) is 20.0. The van der Waals surface area contributed by atoms with Crippen molar-refractivity contribution in [1.82, 2.24) is 0 Å². The molecule has 1 aromatic rings. The first-order valence-electron chi connectivity index (χ1n) is 5.16. The highest BCUT2D eigenvalue weighted by atomic mass is 16.6. The van der Waals surface area contributed by atoms with E-state index in [4.69, 9.17) is 4.74 Å². The number of fused-ring (bicyclic) bond motifs is 5. The molecule has 0 aliphatic carbocycles. The SMILES string of the molecule is CC12OC(C)(c3ccccc31)C(O)C2O. The van der Waals surface area contributed by atoms with E-state index in [1.54, 1.807) is 0 Å². The van der Waals surface area contributed by atoms with E-state index in [1.165, 1.54) is 0 Å². The van der Waals surface area contributed by atoms with Gasteiger partial charge in [-0.05, 0) is 25.0 Å². The molecule has 80 valence electrons. The number of benzene rings is 1. The minimum absolute atomic E-state index is 0.759. The second-order valence-electron chi connectivity index (χ2n) is 4.75. The van der Waals surface area contributed by atoms with Crippen molar-refractivity contribution in [2.24, 2.45) is 0 Å². The number of hydrogen-bond acceptors (Lipinski definition) is 3. The summed E-state index contributed by atoms with van der Waals surface area (Å²) < 4.78 is 5.84. The summed E-state index contributed by atoms with van der Waals surface area (Å²) in [7, 11) is 0. The largest absolute Gasteiger partial charge is 0.387 e. The number of rotatable bonds is 0. The molecule has 4 unspecified atom stereocenters. The number of ether oxygens (including phenoxy) is 1. The van der Waals surface area contributed by atoms with Gasteiger partial charge in [-0.15, -0.1) is 0 Å². The van der Waals surface area contributed by atoms with Gasteiger partial charge < -0.3 is 14.9 Å². The first kappa shape index (κ1) is 9.33. The topological polar surface area (TPSA) is 49.7 Å². The Labute approximate surface area is 88.3 Å². The van der Waals surface area contributed by atoms with Crippen molar-refractivity contribution < 1.29 is 14.9 Å². The van der Waals surface area contributed by atoms with Crippen LogP contribution in [0, 0.1) is 0 Å². The van der Waals surface area contributed by atoms with Crippen LogP contribution in [0.3, 0.4) is 0 Å². The van der Waals surface area contributed by atoms with E-state index in [0.29, 0.717) is 0 Å². The van der Waals surface area contributed by atoms with Gasteiger partial charge in [0.1, 0.15) is 23.4 Å². The van der Waals surface area contributed by atoms with Crippen molar-refractivity contribution >= 4 is 0 Å². The molecule has 0 aromatic heterocycles. The van der Waals surface area contributed by atoms with E-state index >= 15 is 0 Å². The summed E-state index contributed by atoms with van der Waals surface area (Å²) in [4.78, 5) is 0. The second-order valence-corrected chi connectivity index (χ2v) is 4.75. The van der Waals surface area contributed by atoms with E-state index in [9.17, 15) is 10.2 Å². The van der Waals surface area contributed by atoms with E-state index in [1.807, 2.05) is 38.1 Å². The van der Waals surface area contributed by atoms with Gasteiger partial charge in [-0.2, -0.15) is 0 Å². The Morgan fingerprint density at radius 3 is 1.80 bits per heavy atom. The molecule has 3 nitrogen and oxygen atoms in total. The Hall–Kier alpha value is -0.900. The molecular formula is C12H14O3. The lowest BCUT2D eigenvalue weighted by Gasteiger charge is -2.31. The van der Waals surface area contributed by atoms with Gasteiger partial charge >= 0.3 is 0 Å². The van der Waals surface area contributed by atoms with E-state index < -0.39 is 23.4 Å². The van der Waals surface area contributed by atoms with Crippen molar-refractivity contribution in [1.29, 1.82) is 0 Å². The zero-order chi connectivity index (χ0) is 10.8. The smallest absolute Gasteiger partial charge is 0.120 e. The van der Waals surface area contributed by atoms with Crippen LogP contribution in [0.2, 0.25) is 0 Å². The zero-order valence-corrected chi connectivity index (χ0v) is 8.77. The molecule has 2 aliphatic heterocycles. The van der Waals surface area contributed by atoms with Crippen LogP contribution in [0.1, 0.15) is 25.0 Å². The van der Waals surface area contributed by atoms with Crippen LogP contribution in [0.25, 0.3) is 0 Å². The zero-order valence-electron chi connectivity index (χ0n) is 8.77. The molecule has 15 heavy (non-hydrogen) atoms. The molecular weight excluding hydrogens is 192 g/mol. The van der Waals surface area contributed by atoms with Crippen LogP contribution >= 0.6 is 0 Å². The third kappa shape index (κ3) is 0.830. The summed E-state index contributed by atoms with van der Waals surface area (Å²) in [6, 6.07) is 7.76. The maximum absolute atomic E-state index is 9.98. The Bertz CT molecular complexity index is 392. The first-order chi connectivity index (χ1) is 7.00. The lowest BCUT2D eigenvalue weighted by atomic mass is 9.74. The van der Waals surface area contributed by atoms with E-state index in [2.05, 4.69) is 0 Å². The maximum Gasteiger partial charge on any atom is 0.120 e. The van der Waals surface area contributed by atoms with Crippen molar-refractivity contribution in [2.75, 3.05) is 0 Å². The third-order valence-electron chi connectivity index (χ3n) is 3.85. The molecule has 1 fully saturated rings. The Kier molecular flexibility index (Phi) is 1.51. The quantitative estimate of drug-likeness (QED) is 0.662. The number of hydrogen-bond donors (Lipinski definition) is 2. The van der Waals surface area contributed by atoms with Gasteiger partial charge in [0.2, 0.25) is 0 Å². The standard InChI is InChI=1S/C12H14O3/c1-11-7-5-3-4-6-8(7)12(2,15-11)10(14)9(11)13/h3-6,9-10,13-14H,1-2H3. The highest BCUT2D eigenvalue weighted by Crippen LogP contribution is 2.57. The van der Waals surface area contributed by atoms with Gasteiger partial charge in [0.15, 0.2) is 0 Å². The highest BCUT2D eigenvalue weighted by molar-refractivity contribution is 5.46. The number of aliphatic hydroxyl groups excluding tert-OH is 2. The Balaban J connectivity index is 2.31. The van der Waals surface area contributed by atoms with Gasteiger partial charge in [-0.3, -0.25) is 0 Å². The number of aliphatic hydroxyl groups is 2. The van der Waals surface area contributed by atoms with Crippen LogP contribution in [0.4, 0.5) is 0 Å². The molecule has 4 atom stereocenters. The fourth-order valence-corrected chi connectivity index (χ4v) is 2.94. The molecule has 2 aliphatic rings. The monoisotopic (exact) mass is 206 g/mol. The molecule has 0 radical (unpaired) electrons. The second kappa shape index (κ2) is 2.43. The van der Waals surface area contributed by atoms with Gasteiger partial charge in [-0.1, -0.05) is 24.3 Å². The average molecular weight is 206 g/mol. The predicted molar refractivity (Wildman–Crippen MR) is 54.2 cm³/mol. The summed E-state index contributed by atoms with van der Waals surface area (Å²) in [6.45, 7) is 3.66. The molecule has 2 bridgehead atoms. The summed E-state index contributed by atoms with van der Waals surface area (Å²) >= 11 is 0. The van der Waals surface area contributed by atoms with Crippen molar-refractivity contribution in [3.63, 3.8) is 0 Å². The normalized spacial score (nSPS) is 46.9. The lowest BCUT2D eigenvalue weighted by molar-refractivity contribution is -0.0978. The maximum atomic E-state index is 9.98. The van der Waals surface area contributed by atoms with Crippen LogP contribution in [-0.2, 0) is 15.9 Å². The fraction of sp³-hybridized carbons (Fsp3) is 0.500. The minimum Gasteiger partial charge on any atom is -0.387 e. The summed E-state index contributed by atoms with van der Waals surface area (Å²) in [5.41, 5.74) is 0.464. The first-order valence-corrected chi connectivity index (χ1v) is 5.16. The van der Waals surface area contributed by atoms with Gasteiger partial charge in [-0.25, -0.2) is 0 Å². The minimum atomic E-state index is -0.850. The van der Waals surface area contributed by atoms with Crippen LogP contribution in [0.15, 0.2) is 24.3 Å². The van der Waals surface area contributed by atoms with Crippen molar-refractivity contribution in [3.05, 3.63) is 35.4 Å². The van der Waals surface area contributed by atoms with Crippen LogP contribution < -0.4 is 0 Å².